The van der Waals surface area contributed by atoms with E-state index in [2.05, 4.69) is 14.7 Å². The Morgan fingerprint density at radius 1 is 0.933 bits per heavy atom. The molecule has 4 aliphatic rings. The molecule has 0 amide bonds. The van der Waals surface area contributed by atoms with Crippen LogP contribution in [0.4, 0.5) is 0 Å². The molecule has 4 heteroatoms. The molecule has 4 saturated heterocycles. The van der Waals surface area contributed by atoms with Gasteiger partial charge in [0.05, 0.1) is 6.04 Å². The lowest BCUT2D eigenvalue weighted by molar-refractivity contribution is 0.0363. The molecular weight excluding hydrogens is 188 g/mol. The van der Waals surface area contributed by atoms with E-state index in [-0.39, 0.29) is 0 Å². The molecule has 1 unspecified atom stereocenters. The third-order valence-corrected chi connectivity index (χ3v) is 4.04. The van der Waals surface area contributed by atoms with Crippen LogP contribution in [0.1, 0.15) is 12.8 Å². The summed E-state index contributed by atoms with van der Waals surface area (Å²) in [5.74, 6) is 0.886. The Kier molecular flexibility index (Phi) is 2.41. The second-order valence-electron chi connectivity index (χ2n) is 4.93. The maximum atomic E-state index is 8.29. The summed E-state index contributed by atoms with van der Waals surface area (Å²) < 4.78 is 0. The van der Waals surface area contributed by atoms with E-state index < -0.39 is 0 Å². The molecule has 4 aliphatic heterocycles. The van der Waals surface area contributed by atoms with Crippen LogP contribution in [-0.2, 0) is 0 Å². The van der Waals surface area contributed by atoms with Gasteiger partial charge in [0.25, 0.3) is 0 Å². The van der Waals surface area contributed by atoms with E-state index in [4.69, 9.17) is 5.41 Å². The zero-order valence-corrected chi connectivity index (χ0v) is 9.28. The van der Waals surface area contributed by atoms with Gasteiger partial charge in [-0.1, -0.05) is 0 Å². The molecule has 84 valence electrons. The smallest absolute Gasteiger partial charge is 0.115 e. The van der Waals surface area contributed by atoms with Crippen molar-refractivity contribution in [3.63, 3.8) is 0 Å². The third kappa shape index (κ3) is 1.66. The first-order valence-electron chi connectivity index (χ1n) is 6.14. The fourth-order valence-corrected chi connectivity index (χ4v) is 3.05. The van der Waals surface area contributed by atoms with Crippen molar-refractivity contribution in [2.45, 2.75) is 18.9 Å². The lowest BCUT2D eigenvalue weighted by Gasteiger charge is -2.48. The number of rotatable bonds is 1. The minimum atomic E-state index is 0.394. The Hall–Kier alpha value is -0.610. The molecule has 15 heavy (non-hydrogen) atoms. The van der Waals surface area contributed by atoms with Crippen LogP contribution in [0.3, 0.4) is 0 Å². The molecule has 4 heterocycles. The average Bonchev–Trinajstić information content (AvgIpc) is 2.83. The normalized spacial score (nSPS) is 39.7. The number of hydrogen-bond acceptors (Lipinski definition) is 3. The van der Waals surface area contributed by atoms with Gasteiger partial charge in [-0.25, -0.2) is 0 Å². The molecule has 0 spiro atoms. The standard InChI is InChI=1S/C11H20N4/c12-11(15-3-1-2-4-15)10-9-13-5-7-14(10)8-6-13/h10,12H,1-9H2. The van der Waals surface area contributed by atoms with Crippen LogP contribution in [-0.4, -0.2) is 72.4 Å². The van der Waals surface area contributed by atoms with Crippen LogP contribution < -0.4 is 0 Å². The van der Waals surface area contributed by atoms with Crippen molar-refractivity contribution >= 4 is 5.84 Å². The van der Waals surface area contributed by atoms with Gasteiger partial charge < -0.3 is 4.90 Å². The summed E-state index contributed by atoms with van der Waals surface area (Å²) in [4.78, 5) is 7.29. The van der Waals surface area contributed by atoms with Gasteiger partial charge >= 0.3 is 0 Å². The third-order valence-electron chi connectivity index (χ3n) is 4.04. The Morgan fingerprint density at radius 2 is 1.60 bits per heavy atom. The average molecular weight is 208 g/mol. The van der Waals surface area contributed by atoms with E-state index in [9.17, 15) is 0 Å². The highest BCUT2D eigenvalue weighted by Gasteiger charge is 2.36. The summed E-state index contributed by atoms with van der Waals surface area (Å²) >= 11 is 0. The van der Waals surface area contributed by atoms with E-state index in [1.54, 1.807) is 0 Å². The van der Waals surface area contributed by atoms with Gasteiger partial charge in [0.1, 0.15) is 5.84 Å². The van der Waals surface area contributed by atoms with Gasteiger partial charge in [0, 0.05) is 45.8 Å². The van der Waals surface area contributed by atoms with Gasteiger partial charge in [-0.05, 0) is 12.8 Å². The molecular formula is C11H20N4. The molecule has 0 saturated carbocycles. The van der Waals surface area contributed by atoms with Crippen LogP contribution in [0.2, 0.25) is 0 Å². The summed E-state index contributed by atoms with van der Waals surface area (Å²) in [6.07, 6.45) is 2.55. The van der Waals surface area contributed by atoms with Crippen molar-refractivity contribution in [1.82, 2.24) is 14.7 Å². The quantitative estimate of drug-likeness (QED) is 0.489. The van der Waals surface area contributed by atoms with E-state index in [1.165, 1.54) is 39.0 Å². The first-order valence-corrected chi connectivity index (χ1v) is 6.14. The maximum absolute atomic E-state index is 8.29. The van der Waals surface area contributed by atoms with Gasteiger partial charge in [-0.15, -0.1) is 0 Å². The van der Waals surface area contributed by atoms with Crippen molar-refractivity contribution in [1.29, 1.82) is 5.41 Å². The topological polar surface area (TPSA) is 33.6 Å². The predicted molar refractivity (Wildman–Crippen MR) is 60.3 cm³/mol. The number of nitrogens with one attached hydrogen (secondary N) is 1. The van der Waals surface area contributed by atoms with Crippen LogP contribution in [0, 0.1) is 5.41 Å². The molecule has 4 fully saturated rings. The van der Waals surface area contributed by atoms with Gasteiger partial charge in [0.15, 0.2) is 0 Å². The number of likely N-dealkylation sites (tertiary alicyclic amines) is 1. The fourth-order valence-electron chi connectivity index (χ4n) is 3.05. The summed E-state index contributed by atoms with van der Waals surface area (Å²) in [5.41, 5.74) is 0. The van der Waals surface area contributed by atoms with Crippen molar-refractivity contribution in [2.24, 2.45) is 0 Å². The lowest BCUT2D eigenvalue weighted by Crippen LogP contribution is -2.65. The molecule has 0 aromatic heterocycles. The van der Waals surface area contributed by atoms with Crippen molar-refractivity contribution < 1.29 is 0 Å². The van der Waals surface area contributed by atoms with Crippen molar-refractivity contribution in [3.8, 4) is 0 Å². The van der Waals surface area contributed by atoms with Crippen molar-refractivity contribution in [2.75, 3.05) is 45.8 Å². The highest BCUT2D eigenvalue weighted by atomic mass is 15.4. The molecule has 0 aliphatic carbocycles. The number of nitrogens with zero attached hydrogens (tertiary/aromatic N) is 3. The lowest BCUT2D eigenvalue weighted by atomic mass is 10.1. The van der Waals surface area contributed by atoms with Crippen LogP contribution in [0.25, 0.3) is 0 Å². The highest BCUT2D eigenvalue weighted by molar-refractivity contribution is 5.85. The summed E-state index contributed by atoms with van der Waals surface area (Å²) in [5, 5.41) is 8.29. The van der Waals surface area contributed by atoms with Crippen LogP contribution >= 0.6 is 0 Å². The Morgan fingerprint density at radius 3 is 2.13 bits per heavy atom. The predicted octanol–water partition coefficient (Wildman–Crippen LogP) is 0.0593. The van der Waals surface area contributed by atoms with Crippen LogP contribution in [0.15, 0.2) is 0 Å². The Labute approximate surface area is 91.3 Å². The molecule has 0 aromatic rings. The molecule has 0 aromatic carbocycles. The monoisotopic (exact) mass is 208 g/mol. The first-order chi connectivity index (χ1) is 7.34. The molecule has 1 N–H and O–H groups in total. The summed E-state index contributed by atoms with van der Waals surface area (Å²) in [6.45, 7) is 8.08. The second-order valence-corrected chi connectivity index (χ2v) is 4.93. The molecule has 2 bridgehead atoms. The maximum Gasteiger partial charge on any atom is 0.115 e. The molecule has 4 rings (SSSR count). The van der Waals surface area contributed by atoms with Crippen LogP contribution in [0.5, 0.6) is 0 Å². The summed E-state index contributed by atoms with van der Waals surface area (Å²) in [6, 6.07) is 0.394. The molecule has 0 radical (unpaired) electrons. The minimum Gasteiger partial charge on any atom is -0.359 e. The molecule has 4 nitrogen and oxygen atoms in total. The van der Waals surface area contributed by atoms with E-state index in [1.807, 2.05) is 0 Å². The fraction of sp³-hybridized carbons (Fsp3) is 0.909. The number of hydrogen-bond donors (Lipinski definition) is 1. The largest absolute Gasteiger partial charge is 0.359 e. The SMILES string of the molecule is N=C(C1CN2CCN1CC2)N1CCCC1. The summed E-state index contributed by atoms with van der Waals surface area (Å²) in [7, 11) is 0. The number of fused-ring (bicyclic) bond motifs is 3. The van der Waals surface area contributed by atoms with E-state index in [0.29, 0.717) is 6.04 Å². The van der Waals surface area contributed by atoms with Gasteiger partial charge in [-0.2, -0.15) is 0 Å². The van der Waals surface area contributed by atoms with E-state index >= 15 is 0 Å². The zero-order chi connectivity index (χ0) is 10.3. The van der Waals surface area contributed by atoms with E-state index in [0.717, 1.165) is 25.5 Å². The number of amidine groups is 1. The Balaban J connectivity index is 1.68. The number of piperazine rings is 3. The highest BCUT2D eigenvalue weighted by Crippen LogP contribution is 2.19. The minimum absolute atomic E-state index is 0.394. The van der Waals surface area contributed by atoms with Gasteiger partial charge in [0.2, 0.25) is 0 Å². The van der Waals surface area contributed by atoms with Crippen molar-refractivity contribution in [3.05, 3.63) is 0 Å². The second kappa shape index (κ2) is 3.76. The van der Waals surface area contributed by atoms with Gasteiger partial charge in [-0.3, -0.25) is 15.2 Å². The molecule has 1 atom stereocenters. The zero-order valence-electron chi connectivity index (χ0n) is 9.28. The first kappa shape index (κ1) is 9.60. The Bertz CT molecular complexity index is 251.